The lowest BCUT2D eigenvalue weighted by atomic mass is 9.85. The number of carbonyl (C=O) groups is 1. The molecule has 1 aliphatic rings. The van der Waals surface area contributed by atoms with Crippen LogP contribution in [0.1, 0.15) is 46.0 Å². The summed E-state index contributed by atoms with van der Waals surface area (Å²) >= 11 is 0. The van der Waals surface area contributed by atoms with Crippen molar-refractivity contribution in [2.45, 2.75) is 52.1 Å². The third-order valence-electron chi connectivity index (χ3n) is 3.07. The van der Waals surface area contributed by atoms with Gasteiger partial charge in [-0.05, 0) is 38.5 Å². The van der Waals surface area contributed by atoms with Gasteiger partial charge in [0.2, 0.25) is 0 Å². The Morgan fingerprint density at radius 3 is 2.67 bits per heavy atom. The Hall–Kier alpha value is -0.570. The molecule has 0 aromatic carbocycles. The SMILES string of the molecule is CCOCC(=O)OC1CCCCC1CC. The molecule has 0 N–H and O–H groups in total. The molecule has 1 aliphatic carbocycles. The quantitative estimate of drug-likeness (QED) is 0.660. The Balaban J connectivity index is 2.30. The van der Waals surface area contributed by atoms with Gasteiger partial charge in [0.25, 0.3) is 0 Å². The molecule has 1 saturated carbocycles. The molecule has 88 valence electrons. The van der Waals surface area contributed by atoms with Gasteiger partial charge in [-0.2, -0.15) is 0 Å². The second kappa shape index (κ2) is 6.83. The topological polar surface area (TPSA) is 35.5 Å². The molecule has 0 heterocycles. The van der Waals surface area contributed by atoms with Gasteiger partial charge in [0.05, 0.1) is 0 Å². The summed E-state index contributed by atoms with van der Waals surface area (Å²) in [6.45, 7) is 4.71. The molecule has 0 spiro atoms. The summed E-state index contributed by atoms with van der Waals surface area (Å²) < 4.78 is 10.5. The number of hydrogen-bond acceptors (Lipinski definition) is 3. The third kappa shape index (κ3) is 4.20. The molecule has 1 fully saturated rings. The van der Waals surface area contributed by atoms with E-state index in [0.717, 1.165) is 12.8 Å². The Bertz CT molecular complexity index is 191. The van der Waals surface area contributed by atoms with Gasteiger partial charge in [0.15, 0.2) is 0 Å². The van der Waals surface area contributed by atoms with E-state index >= 15 is 0 Å². The van der Waals surface area contributed by atoms with Crippen LogP contribution in [0.15, 0.2) is 0 Å². The second-order valence-corrected chi connectivity index (χ2v) is 4.12. The first-order chi connectivity index (χ1) is 7.27. The summed E-state index contributed by atoms with van der Waals surface area (Å²) in [5, 5.41) is 0. The average Bonchev–Trinajstić information content (AvgIpc) is 2.27. The van der Waals surface area contributed by atoms with Gasteiger partial charge in [-0.3, -0.25) is 0 Å². The minimum atomic E-state index is -0.206. The molecule has 3 nitrogen and oxygen atoms in total. The zero-order valence-corrected chi connectivity index (χ0v) is 9.83. The molecule has 15 heavy (non-hydrogen) atoms. The van der Waals surface area contributed by atoms with Crippen LogP contribution < -0.4 is 0 Å². The maximum Gasteiger partial charge on any atom is 0.332 e. The van der Waals surface area contributed by atoms with E-state index < -0.39 is 0 Å². The molecule has 0 bridgehead atoms. The number of carbonyl (C=O) groups excluding carboxylic acids is 1. The highest BCUT2D eigenvalue weighted by Crippen LogP contribution is 2.29. The van der Waals surface area contributed by atoms with Crippen molar-refractivity contribution in [3.8, 4) is 0 Å². The highest BCUT2D eigenvalue weighted by atomic mass is 16.6. The van der Waals surface area contributed by atoms with E-state index in [2.05, 4.69) is 6.92 Å². The van der Waals surface area contributed by atoms with E-state index in [9.17, 15) is 4.79 Å². The van der Waals surface area contributed by atoms with Gasteiger partial charge in [-0.25, -0.2) is 4.79 Å². The van der Waals surface area contributed by atoms with Crippen LogP contribution in [0.3, 0.4) is 0 Å². The summed E-state index contributed by atoms with van der Waals surface area (Å²) in [5.74, 6) is 0.353. The van der Waals surface area contributed by atoms with Gasteiger partial charge in [0, 0.05) is 6.61 Å². The first kappa shape index (κ1) is 12.5. The maximum absolute atomic E-state index is 11.4. The standard InChI is InChI=1S/C12H22O3/c1-3-10-7-5-6-8-11(10)15-12(13)9-14-4-2/h10-11H,3-9H2,1-2H3. The largest absolute Gasteiger partial charge is 0.460 e. The highest BCUT2D eigenvalue weighted by molar-refractivity contribution is 5.70. The molecule has 0 aliphatic heterocycles. The van der Waals surface area contributed by atoms with E-state index in [1.165, 1.54) is 19.3 Å². The van der Waals surface area contributed by atoms with Gasteiger partial charge < -0.3 is 9.47 Å². The lowest BCUT2D eigenvalue weighted by Gasteiger charge is -2.30. The predicted molar refractivity (Wildman–Crippen MR) is 58.6 cm³/mol. The van der Waals surface area contributed by atoms with Gasteiger partial charge in [-0.1, -0.05) is 13.3 Å². The van der Waals surface area contributed by atoms with Crippen LogP contribution in [0.25, 0.3) is 0 Å². The van der Waals surface area contributed by atoms with Crippen molar-refractivity contribution in [1.82, 2.24) is 0 Å². The van der Waals surface area contributed by atoms with Crippen molar-refractivity contribution in [1.29, 1.82) is 0 Å². The number of esters is 1. The van der Waals surface area contributed by atoms with Crippen molar-refractivity contribution < 1.29 is 14.3 Å². The molecule has 0 aromatic rings. The van der Waals surface area contributed by atoms with Gasteiger partial charge in [0.1, 0.15) is 12.7 Å². The average molecular weight is 214 g/mol. The zero-order chi connectivity index (χ0) is 11.1. The minimum Gasteiger partial charge on any atom is -0.460 e. The molecule has 1 rings (SSSR count). The molecular formula is C12H22O3. The van der Waals surface area contributed by atoms with Crippen LogP contribution in [0, 0.1) is 5.92 Å². The second-order valence-electron chi connectivity index (χ2n) is 4.12. The Kier molecular flexibility index (Phi) is 5.69. The Labute approximate surface area is 92.1 Å². The number of hydrogen-bond donors (Lipinski definition) is 0. The molecular weight excluding hydrogens is 192 g/mol. The summed E-state index contributed by atoms with van der Waals surface area (Å²) in [6, 6.07) is 0. The predicted octanol–water partition coefficient (Wildman–Crippen LogP) is 2.53. The van der Waals surface area contributed by atoms with E-state index in [1.54, 1.807) is 0 Å². The molecule has 0 aromatic heterocycles. The van der Waals surface area contributed by atoms with E-state index in [4.69, 9.17) is 9.47 Å². The minimum absolute atomic E-state index is 0.101. The fourth-order valence-electron chi connectivity index (χ4n) is 2.18. The third-order valence-corrected chi connectivity index (χ3v) is 3.07. The van der Waals surface area contributed by atoms with Gasteiger partial charge >= 0.3 is 5.97 Å². The van der Waals surface area contributed by atoms with Crippen LogP contribution in [-0.2, 0) is 14.3 Å². The molecule has 2 atom stereocenters. The van der Waals surface area contributed by atoms with Crippen molar-refractivity contribution in [3.63, 3.8) is 0 Å². The first-order valence-corrected chi connectivity index (χ1v) is 6.05. The normalized spacial score (nSPS) is 26.3. The molecule has 0 radical (unpaired) electrons. The van der Waals surface area contributed by atoms with Crippen LogP contribution in [0.4, 0.5) is 0 Å². The van der Waals surface area contributed by atoms with Gasteiger partial charge in [-0.15, -0.1) is 0 Å². The molecule has 2 unspecified atom stereocenters. The lowest BCUT2D eigenvalue weighted by Crippen LogP contribution is -2.31. The van der Waals surface area contributed by atoms with Crippen molar-refractivity contribution in [3.05, 3.63) is 0 Å². The van der Waals surface area contributed by atoms with Crippen molar-refractivity contribution in [2.24, 2.45) is 5.92 Å². The van der Waals surface area contributed by atoms with Crippen LogP contribution >= 0.6 is 0 Å². The molecule has 0 amide bonds. The number of ether oxygens (including phenoxy) is 2. The fraction of sp³-hybridized carbons (Fsp3) is 0.917. The van der Waals surface area contributed by atoms with E-state index in [-0.39, 0.29) is 18.7 Å². The van der Waals surface area contributed by atoms with E-state index in [1.807, 2.05) is 6.92 Å². The molecule has 3 heteroatoms. The monoisotopic (exact) mass is 214 g/mol. The maximum atomic E-state index is 11.4. The highest BCUT2D eigenvalue weighted by Gasteiger charge is 2.26. The smallest absolute Gasteiger partial charge is 0.332 e. The van der Waals surface area contributed by atoms with Crippen LogP contribution in [0.2, 0.25) is 0 Å². The van der Waals surface area contributed by atoms with Crippen molar-refractivity contribution >= 4 is 5.97 Å². The Morgan fingerprint density at radius 1 is 1.27 bits per heavy atom. The number of rotatable bonds is 5. The zero-order valence-electron chi connectivity index (χ0n) is 9.83. The summed E-state index contributed by atoms with van der Waals surface area (Å²) in [7, 11) is 0. The lowest BCUT2D eigenvalue weighted by molar-refractivity contribution is -0.158. The van der Waals surface area contributed by atoms with Crippen molar-refractivity contribution in [2.75, 3.05) is 13.2 Å². The summed E-state index contributed by atoms with van der Waals surface area (Å²) in [4.78, 5) is 11.4. The Morgan fingerprint density at radius 2 is 2.00 bits per heavy atom. The van der Waals surface area contributed by atoms with Crippen LogP contribution in [0.5, 0.6) is 0 Å². The van der Waals surface area contributed by atoms with Crippen LogP contribution in [-0.4, -0.2) is 25.3 Å². The summed E-state index contributed by atoms with van der Waals surface area (Å²) in [6.07, 6.45) is 5.92. The van der Waals surface area contributed by atoms with E-state index in [0.29, 0.717) is 12.5 Å². The molecule has 0 saturated heterocycles. The fourth-order valence-corrected chi connectivity index (χ4v) is 2.18. The summed E-state index contributed by atoms with van der Waals surface area (Å²) in [5.41, 5.74) is 0. The first-order valence-electron chi connectivity index (χ1n) is 6.05.